The van der Waals surface area contributed by atoms with Crippen LogP contribution < -0.4 is 33.6 Å². The lowest BCUT2D eigenvalue weighted by atomic mass is 10.1. The summed E-state index contributed by atoms with van der Waals surface area (Å²) in [6.07, 6.45) is 29.8. The van der Waals surface area contributed by atoms with Gasteiger partial charge < -0.3 is 58.2 Å². The van der Waals surface area contributed by atoms with Gasteiger partial charge in [0.25, 0.3) is 5.91 Å². The molecule has 10 heterocycles. The zero-order chi connectivity index (χ0) is 78.6. The van der Waals surface area contributed by atoms with Crippen molar-refractivity contribution in [2.45, 2.75) is 109 Å². The first-order valence-electron chi connectivity index (χ1n) is 39.8. The third-order valence-corrected chi connectivity index (χ3v) is 21.7. The van der Waals surface area contributed by atoms with E-state index in [0.717, 1.165) is 217 Å². The standard InChI is InChI=1S/C30H35FN6O2.C29H32N6O4.C28H32N6O2/c1-38-26-16-23(31)15-25(17-26)36(13-6-12-35-10-3-4-11-35)24-8-9-27-28(18-24)34-29(20-32-27)22-19-33-37(21-22)30-7-2-5-14-39-30;1-38-24-9-22(10-25(12-24)39-2)35(15-19-3-4-19)21-5-6-26-27(11-21)32-28(14-30-26)20-13-31-34(16-20)18-29(37)33-8-7-23(36)17-33;1-4-5-12-34(23-13-20(14-24(15-23)36-3)28(35)33-10-6-7-11-33)22-8-9-25-26(16-22)31-27(18-29-25)21-17-30-32(2)19-21/h8-9,15-21,30H,2-7,10-14H2,1H3;5-6,9-14,16,19,23,36H,3-4,7-8,15,17-18H2,1-2H3;8-9,13-19H,4-7,10-12H2,1-3H3. The molecule has 6 aromatic carbocycles. The summed E-state index contributed by atoms with van der Waals surface area (Å²) in [5.74, 6) is 2.98. The molecule has 0 bridgehead atoms. The van der Waals surface area contributed by atoms with Crippen molar-refractivity contribution in [3.05, 3.63) is 176 Å². The molecule has 12 aromatic rings. The molecule has 2 atom stereocenters. The van der Waals surface area contributed by atoms with Crippen LogP contribution in [0.2, 0.25) is 0 Å². The topological polar surface area (TPSA) is 251 Å². The number of hydrogen-bond acceptors (Lipinski definition) is 21. The summed E-state index contributed by atoms with van der Waals surface area (Å²) in [4.78, 5) is 67.2. The molecule has 5 fully saturated rings. The number of aromatic nitrogens is 12. The van der Waals surface area contributed by atoms with Crippen molar-refractivity contribution in [3.8, 4) is 56.8 Å². The smallest absolute Gasteiger partial charge is 0.254 e. The Morgan fingerprint density at radius 3 is 1.61 bits per heavy atom. The second-order valence-electron chi connectivity index (χ2n) is 29.9. The van der Waals surface area contributed by atoms with E-state index < -0.39 is 6.10 Å². The van der Waals surface area contributed by atoms with Crippen molar-refractivity contribution in [1.29, 1.82) is 0 Å². The zero-order valence-electron chi connectivity index (χ0n) is 65.7. The van der Waals surface area contributed by atoms with E-state index >= 15 is 0 Å². The highest BCUT2D eigenvalue weighted by atomic mass is 19.1. The molecule has 0 spiro atoms. The van der Waals surface area contributed by atoms with Gasteiger partial charge in [0.2, 0.25) is 5.91 Å². The fourth-order valence-corrected chi connectivity index (χ4v) is 15.2. The summed E-state index contributed by atoms with van der Waals surface area (Å²) < 4.78 is 47.7. The van der Waals surface area contributed by atoms with Gasteiger partial charge in [-0.25, -0.2) is 24.0 Å². The van der Waals surface area contributed by atoms with Crippen LogP contribution in [0.15, 0.2) is 165 Å². The fraction of sp³-hybridized carbons (Fsp3) is 0.391. The molecule has 17 rings (SSSR count). The Kier molecular flexibility index (Phi) is 24.5. The van der Waals surface area contributed by atoms with Gasteiger partial charge >= 0.3 is 0 Å². The molecule has 5 aliphatic rings. The van der Waals surface area contributed by atoms with Crippen LogP contribution in [-0.2, 0) is 23.1 Å². The number of nitrogens with zero attached hydrogens (tertiary/aromatic N) is 18. The number of halogens is 1. The Hall–Kier alpha value is -11.7. The van der Waals surface area contributed by atoms with Gasteiger partial charge in [-0.05, 0) is 175 Å². The first-order valence-corrected chi connectivity index (χ1v) is 39.8. The third-order valence-electron chi connectivity index (χ3n) is 21.7. The molecule has 26 nitrogen and oxygen atoms in total. The highest BCUT2D eigenvalue weighted by Gasteiger charge is 2.29. The van der Waals surface area contributed by atoms with E-state index in [0.29, 0.717) is 48.2 Å². The third kappa shape index (κ3) is 18.8. The van der Waals surface area contributed by atoms with E-state index in [1.54, 1.807) is 79.8 Å². The summed E-state index contributed by atoms with van der Waals surface area (Å²) in [5, 5.41) is 22.9. The van der Waals surface area contributed by atoms with Crippen LogP contribution in [0.1, 0.15) is 107 Å². The van der Waals surface area contributed by atoms with E-state index in [9.17, 15) is 19.1 Å². The van der Waals surface area contributed by atoms with E-state index in [1.165, 1.54) is 31.7 Å². The molecule has 4 saturated heterocycles. The van der Waals surface area contributed by atoms with Gasteiger partial charge in [0, 0.05) is 171 Å². The number of carbonyl (C=O) groups is 2. The van der Waals surface area contributed by atoms with Crippen molar-refractivity contribution in [2.75, 3.05) is 115 Å². The SMILES string of the molecule is CCCCN(c1cc(OC)cc(C(=O)N2CCCC2)c1)c1ccc2ncc(-c3cnn(C)c3)nc2c1.COc1cc(F)cc(N(CCCN2CCCC2)c2ccc3ncc(-c4cnn(C5CCCCO5)c4)nc3c2)c1.COc1cc(OC)cc(N(CC2CC2)c2ccc3ncc(-c4cnn(CC(=O)N5CCC(O)C5)c4)nc3c2)c1. The average Bonchev–Trinajstić information content (AvgIpc) is 1.04. The van der Waals surface area contributed by atoms with Crippen molar-refractivity contribution >= 4 is 79.0 Å². The number of amides is 2. The summed E-state index contributed by atoms with van der Waals surface area (Å²) in [6, 6.07) is 34.9. The first kappa shape index (κ1) is 77.6. The normalized spacial score (nSPS) is 16.2. The Morgan fingerprint density at radius 2 is 1.05 bits per heavy atom. The second-order valence-corrected chi connectivity index (χ2v) is 29.9. The van der Waals surface area contributed by atoms with Crippen LogP contribution >= 0.6 is 0 Å². The predicted octanol–water partition coefficient (Wildman–Crippen LogP) is 14.8. The molecule has 27 heteroatoms. The highest BCUT2D eigenvalue weighted by molar-refractivity contribution is 5.96. The molecule has 114 heavy (non-hydrogen) atoms. The van der Waals surface area contributed by atoms with Gasteiger partial charge in [-0.2, -0.15) is 15.3 Å². The van der Waals surface area contributed by atoms with Crippen molar-refractivity contribution in [1.82, 2.24) is 73.9 Å². The summed E-state index contributed by atoms with van der Waals surface area (Å²) in [7, 11) is 8.41. The van der Waals surface area contributed by atoms with E-state index in [4.69, 9.17) is 38.6 Å². The molecule has 1 N–H and O–H groups in total. The Balaban J connectivity index is 0.000000135. The molecular formula is C87H99FN18O8. The number of ether oxygens (including phenoxy) is 5. The minimum absolute atomic E-state index is 0.0232. The molecule has 592 valence electrons. The average molecular weight is 1540 g/mol. The number of unbranched alkanes of at least 4 members (excludes halogenated alkanes) is 1. The maximum atomic E-state index is 14.5. The summed E-state index contributed by atoms with van der Waals surface area (Å²) >= 11 is 0. The molecule has 2 amide bonds. The van der Waals surface area contributed by atoms with Gasteiger partial charge in [0.1, 0.15) is 41.6 Å². The van der Waals surface area contributed by atoms with E-state index in [1.807, 2.05) is 114 Å². The largest absolute Gasteiger partial charge is 0.497 e. The van der Waals surface area contributed by atoms with Gasteiger partial charge in [-0.1, -0.05) is 13.3 Å². The maximum Gasteiger partial charge on any atom is 0.254 e. The lowest BCUT2D eigenvalue weighted by molar-refractivity contribution is -0.131. The van der Waals surface area contributed by atoms with Crippen LogP contribution in [0.4, 0.5) is 38.5 Å². The number of methoxy groups -OCH3 is 4. The Bertz CT molecular complexity index is 5300. The van der Waals surface area contributed by atoms with Crippen molar-refractivity contribution in [2.24, 2.45) is 13.0 Å². The summed E-state index contributed by atoms with van der Waals surface area (Å²) in [6.45, 7) is 11.4. The van der Waals surface area contributed by atoms with Crippen LogP contribution in [-0.4, -0.2) is 197 Å². The number of benzene rings is 6. The number of aliphatic hydroxyl groups is 1. The van der Waals surface area contributed by atoms with Crippen molar-refractivity contribution in [3.63, 3.8) is 0 Å². The highest BCUT2D eigenvalue weighted by Crippen LogP contribution is 2.41. The number of aryl methyl sites for hydroxylation is 1. The minimum atomic E-state index is -0.439. The maximum absolute atomic E-state index is 14.5. The molecule has 4 aliphatic heterocycles. The number of rotatable bonds is 26. The number of hydrogen-bond donors (Lipinski definition) is 1. The minimum Gasteiger partial charge on any atom is -0.497 e. The molecule has 1 aliphatic carbocycles. The molecule has 2 unspecified atom stereocenters. The molecule has 6 aromatic heterocycles. The molecular weight excluding hydrogens is 1440 g/mol. The second kappa shape index (κ2) is 36.0. The van der Waals surface area contributed by atoms with Gasteiger partial charge in [-0.15, -0.1) is 0 Å². The van der Waals surface area contributed by atoms with Gasteiger partial charge in [-0.3, -0.25) is 33.9 Å². The van der Waals surface area contributed by atoms with Gasteiger partial charge in [0.05, 0.1) is 122 Å². The fourth-order valence-electron chi connectivity index (χ4n) is 15.2. The van der Waals surface area contributed by atoms with Crippen LogP contribution in [0.3, 0.4) is 0 Å². The monoisotopic (exact) mass is 1540 g/mol. The number of β-amino-alcohol motifs (C(OH)–C–C–N with tert-alkyl or cyclic N) is 1. The van der Waals surface area contributed by atoms with Crippen LogP contribution in [0.25, 0.3) is 66.9 Å². The zero-order valence-corrected chi connectivity index (χ0v) is 65.7. The summed E-state index contributed by atoms with van der Waals surface area (Å²) in [5.41, 5.74) is 16.0. The number of likely N-dealkylation sites (tertiary alicyclic amines) is 3. The predicted molar refractivity (Wildman–Crippen MR) is 439 cm³/mol. The lowest BCUT2D eigenvalue weighted by Gasteiger charge is -2.27. The number of aliphatic hydroxyl groups excluding tert-OH is 1. The molecule has 1 saturated carbocycles. The number of carbonyl (C=O) groups excluding carboxylic acids is 2. The van der Waals surface area contributed by atoms with Gasteiger partial charge in [0.15, 0.2) is 0 Å². The van der Waals surface area contributed by atoms with E-state index in [-0.39, 0.29) is 30.4 Å². The lowest BCUT2D eigenvalue weighted by Crippen LogP contribution is -2.32. The molecule has 0 radical (unpaired) electrons. The van der Waals surface area contributed by atoms with Crippen molar-refractivity contribution < 1.29 is 42.8 Å². The Morgan fingerprint density at radius 1 is 0.518 bits per heavy atom. The number of fused-ring (bicyclic) bond motifs is 3. The first-order chi connectivity index (χ1) is 55.7. The number of anilines is 6. The van der Waals surface area contributed by atoms with Crippen LogP contribution in [0, 0.1) is 11.7 Å². The van der Waals surface area contributed by atoms with Crippen LogP contribution in [0.5, 0.6) is 23.0 Å². The quantitative estimate of drug-likeness (QED) is 0.0529. The Labute approximate surface area is 663 Å². The van der Waals surface area contributed by atoms with E-state index in [2.05, 4.69) is 81.0 Å².